The van der Waals surface area contributed by atoms with Crippen LogP contribution in [0.4, 0.5) is 24.8 Å². The zero-order chi connectivity index (χ0) is 27.1. The molecule has 0 radical (unpaired) electrons. The number of piperazine rings is 1. The maximum Gasteiger partial charge on any atom is 0.418 e. The van der Waals surface area contributed by atoms with Gasteiger partial charge in [-0.3, -0.25) is 9.59 Å². The average Bonchev–Trinajstić information content (AvgIpc) is 2.80. The molecule has 4 rings (SSSR count). The lowest BCUT2D eigenvalue weighted by Gasteiger charge is -2.40. The summed E-state index contributed by atoms with van der Waals surface area (Å²) in [7, 11) is 0. The third-order valence-electron chi connectivity index (χ3n) is 5.97. The van der Waals surface area contributed by atoms with E-state index in [1.165, 1.54) is 38.4 Å². The van der Waals surface area contributed by atoms with Gasteiger partial charge in [0.2, 0.25) is 5.91 Å². The molecular weight excluding hydrogens is 511 g/mol. The summed E-state index contributed by atoms with van der Waals surface area (Å²) in [6, 6.07) is 2.44. The number of carbonyl (C=O) groups excluding carboxylic acids is 2. The van der Waals surface area contributed by atoms with E-state index in [-0.39, 0.29) is 45.5 Å². The second-order valence-electron chi connectivity index (χ2n) is 8.74. The minimum Gasteiger partial charge on any atom is -0.384 e. The molecule has 1 atom stereocenters. The van der Waals surface area contributed by atoms with Gasteiger partial charge >= 0.3 is 6.18 Å². The fraction of sp³-hybridized carbons (Fsp3) is 0.333. The van der Waals surface area contributed by atoms with Crippen LogP contribution >= 0.6 is 11.6 Å². The van der Waals surface area contributed by atoms with E-state index < -0.39 is 17.4 Å². The highest BCUT2D eigenvalue weighted by molar-refractivity contribution is 6.33. The van der Waals surface area contributed by atoms with E-state index in [4.69, 9.17) is 17.3 Å². The first-order valence-corrected chi connectivity index (χ1v) is 11.6. The van der Waals surface area contributed by atoms with Crippen molar-refractivity contribution in [3.8, 4) is 11.4 Å². The number of carbonyl (C=O) groups is 2. The van der Waals surface area contributed by atoms with Gasteiger partial charge in [0.1, 0.15) is 29.4 Å². The van der Waals surface area contributed by atoms with Crippen molar-refractivity contribution in [1.82, 2.24) is 24.8 Å². The number of hydrogen-bond acceptors (Lipinski definition) is 8. The number of aromatic nitrogens is 4. The number of rotatable bonds is 4. The van der Waals surface area contributed by atoms with Gasteiger partial charge in [-0.15, -0.1) is 0 Å². The summed E-state index contributed by atoms with van der Waals surface area (Å²) < 4.78 is 41.6. The third-order valence-corrected chi connectivity index (χ3v) is 6.26. The van der Waals surface area contributed by atoms with Crippen LogP contribution in [0, 0.1) is 6.92 Å². The second-order valence-corrected chi connectivity index (χ2v) is 9.15. The molecule has 194 valence electrons. The number of alkyl halides is 3. The normalized spacial score (nSPS) is 16.6. The number of hydrogen-bond donors (Lipinski definition) is 1. The zero-order valence-electron chi connectivity index (χ0n) is 20.2. The number of aryl methyl sites for hydroxylation is 1. The van der Waals surface area contributed by atoms with Gasteiger partial charge in [-0.2, -0.15) is 13.2 Å². The fourth-order valence-corrected chi connectivity index (χ4v) is 4.58. The van der Waals surface area contributed by atoms with Crippen molar-refractivity contribution < 1.29 is 22.8 Å². The lowest BCUT2D eigenvalue weighted by Crippen LogP contribution is -2.53. The Kier molecular flexibility index (Phi) is 7.05. The minimum absolute atomic E-state index is 0.0672. The van der Waals surface area contributed by atoms with Crippen LogP contribution in [0.25, 0.3) is 22.4 Å². The molecule has 13 heteroatoms. The lowest BCUT2D eigenvalue weighted by molar-refractivity contribution is -0.137. The maximum absolute atomic E-state index is 13.9. The van der Waals surface area contributed by atoms with Gasteiger partial charge in [0.05, 0.1) is 16.0 Å². The van der Waals surface area contributed by atoms with E-state index in [9.17, 15) is 22.8 Å². The Morgan fingerprint density at radius 1 is 1.14 bits per heavy atom. The molecule has 0 saturated carbocycles. The topological polar surface area (TPSA) is 118 Å². The van der Waals surface area contributed by atoms with Crippen LogP contribution in [0.3, 0.4) is 0 Å². The molecule has 0 unspecified atom stereocenters. The molecule has 1 saturated heterocycles. The second kappa shape index (κ2) is 9.92. The molecular formula is C24H23ClF3N7O2. The lowest BCUT2D eigenvalue weighted by atomic mass is 10.0. The van der Waals surface area contributed by atoms with Crippen molar-refractivity contribution in [2.75, 3.05) is 30.3 Å². The molecule has 0 aliphatic carbocycles. The molecule has 1 aliphatic heterocycles. The van der Waals surface area contributed by atoms with Crippen LogP contribution in [0.5, 0.6) is 0 Å². The van der Waals surface area contributed by atoms with Gasteiger partial charge in [0.25, 0.3) is 0 Å². The summed E-state index contributed by atoms with van der Waals surface area (Å²) in [5.74, 6) is -0.102. The zero-order valence-corrected chi connectivity index (χ0v) is 20.9. The Morgan fingerprint density at radius 3 is 2.51 bits per heavy atom. The highest BCUT2D eigenvalue weighted by atomic mass is 35.5. The molecule has 1 fully saturated rings. The largest absolute Gasteiger partial charge is 0.418 e. The number of amides is 1. The first-order valence-electron chi connectivity index (χ1n) is 11.3. The SMILES string of the molecule is CC(=O)/C=C/C(=O)N1CCN(c2ncnc3nc(-c4nc(N)cc(C)c4C(F)(F)F)c(Cl)cc23)[C@@H](C)C1. The summed E-state index contributed by atoms with van der Waals surface area (Å²) in [4.78, 5) is 43.9. The Hall–Kier alpha value is -3.80. The highest BCUT2D eigenvalue weighted by Gasteiger charge is 2.38. The van der Waals surface area contributed by atoms with Crippen molar-refractivity contribution in [3.63, 3.8) is 0 Å². The number of nitrogens with two attached hydrogens (primary N) is 1. The molecule has 3 aromatic rings. The Balaban J connectivity index is 1.73. The average molecular weight is 534 g/mol. The van der Waals surface area contributed by atoms with Crippen LogP contribution in [0.15, 0.2) is 30.6 Å². The van der Waals surface area contributed by atoms with Crippen LogP contribution in [-0.4, -0.2) is 62.2 Å². The molecule has 0 aromatic carbocycles. The number of ketones is 1. The van der Waals surface area contributed by atoms with Crippen molar-refractivity contribution in [3.05, 3.63) is 46.8 Å². The van der Waals surface area contributed by atoms with Crippen LogP contribution < -0.4 is 10.6 Å². The van der Waals surface area contributed by atoms with Crippen molar-refractivity contribution in [2.45, 2.75) is 33.0 Å². The summed E-state index contributed by atoms with van der Waals surface area (Å²) in [6.07, 6.45) is -0.964. The van der Waals surface area contributed by atoms with Gasteiger partial charge in [-0.05, 0) is 44.5 Å². The van der Waals surface area contributed by atoms with Crippen LogP contribution in [-0.2, 0) is 15.8 Å². The highest BCUT2D eigenvalue weighted by Crippen LogP contribution is 2.41. The van der Waals surface area contributed by atoms with Gasteiger partial charge in [0, 0.05) is 31.8 Å². The van der Waals surface area contributed by atoms with Gasteiger partial charge in [-0.25, -0.2) is 19.9 Å². The van der Waals surface area contributed by atoms with Crippen LogP contribution in [0.1, 0.15) is 25.0 Å². The Labute approximate surface area is 215 Å². The van der Waals surface area contributed by atoms with E-state index >= 15 is 0 Å². The number of anilines is 2. The predicted molar refractivity (Wildman–Crippen MR) is 133 cm³/mol. The number of nitrogen functional groups attached to an aromatic ring is 1. The molecule has 3 aromatic heterocycles. The number of nitrogens with zero attached hydrogens (tertiary/aromatic N) is 6. The molecule has 4 heterocycles. The quantitative estimate of drug-likeness (QED) is 0.503. The minimum atomic E-state index is -4.71. The summed E-state index contributed by atoms with van der Waals surface area (Å²) in [6.45, 7) is 5.72. The van der Waals surface area contributed by atoms with Gasteiger partial charge in [-0.1, -0.05) is 11.6 Å². The molecule has 2 N–H and O–H groups in total. The molecule has 0 bridgehead atoms. The fourth-order valence-electron chi connectivity index (χ4n) is 4.34. The Bertz CT molecular complexity index is 1430. The number of fused-ring (bicyclic) bond motifs is 1. The first kappa shape index (κ1) is 26.3. The van der Waals surface area contributed by atoms with E-state index in [1.54, 1.807) is 4.90 Å². The standard InChI is InChI=1S/C24H23ClF3N7O2/c1-12-8-17(29)32-21(19(12)24(26,27)28)20-16(25)9-15-22(33-20)30-11-31-23(15)35-7-6-34(10-13(35)2)18(37)5-4-14(3)36/h4-5,8-9,11,13H,6-7,10H2,1-3H3,(H2,29,32)/b5-4+/t13-/m0/s1. The molecule has 1 aliphatic rings. The summed E-state index contributed by atoms with van der Waals surface area (Å²) in [5.41, 5.74) is 4.13. The first-order chi connectivity index (χ1) is 17.4. The number of pyridine rings is 2. The van der Waals surface area contributed by atoms with E-state index in [0.717, 1.165) is 6.07 Å². The maximum atomic E-state index is 13.9. The monoisotopic (exact) mass is 533 g/mol. The number of halogens is 4. The molecule has 0 spiro atoms. The smallest absolute Gasteiger partial charge is 0.384 e. The van der Waals surface area contributed by atoms with Gasteiger partial charge in [0.15, 0.2) is 11.4 Å². The van der Waals surface area contributed by atoms with Crippen molar-refractivity contribution in [1.29, 1.82) is 0 Å². The summed E-state index contributed by atoms with van der Waals surface area (Å²) in [5, 5.41) is 0.371. The number of allylic oxidation sites excluding steroid dienone is 1. The van der Waals surface area contributed by atoms with E-state index in [2.05, 4.69) is 19.9 Å². The van der Waals surface area contributed by atoms with Crippen molar-refractivity contribution in [2.24, 2.45) is 0 Å². The Morgan fingerprint density at radius 2 is 1.86 bits per heavy atom. The van der Waals surface area contributed by atoms with E-state index in [1.807, 2.05) is 11.8 Å². The molecule has 9 nitrogen and oxygen atoms in total. The van der Waals surface area contributed by atoms with Crippen LogP contribution in [0.2, 0.25) is 5.02 Å². The molecule has 1 amide bonds. The van der Waals surface area contributed by atoms with E-state index in [0.29, 0.717) is 30.8 Å². The third kappa shape index (κ3) is 5.33. The summed E-state index contributed by atoms with van der Waals surface area (Å²) >= 11 is 6.46. The van der Waals surface area contributed by atoms with Crippen molar-refractivity contribution >= 4 is 46.0 Å². The molecule has 37 heavy (non-hydrogen) atoms. The van der Waals surface area contributed by atoms with Gasteiger partial charge < -0.3 is 15.5 Å². The predicted octanol–water partition coefficient (Wildman–Crippen LogP) is 3.83.